The molecule has 20 heavy (non-hydrogen) atoms. The van der Waals surface area contributed by atoms with Gasteiger partial charge in [0.05, 0.1) is 11.0 Å². The third kappa shape index (κ3) is 3.38. The Morgan fingerprint density at radius 3 is 2.85 bits per heavy atom. The summed E-state index contributed by atoms with van der Waals surface area (Å²) in [6.45, 7) is 3.40. The largest absolute Gasteiger partial charge is 0.378 e. The fourth-order valence-electron chi connectivity index (χ4n) is 2.61. The van der Waals surface area contributed by atoms with Gasteiger partial charge in [-0.1, -0.05) is 25.1 Å². The lowest BCUT2D eigenvalue weighted by Crippen LogP contribution is -2.33. The Bertz CT molecular complexity index is 545. The maximum Gasteiger partial charge on any atom is 0.240 e. The van der Waals surface area contributed by atoms with Crippen LogP contribution in [0.2, 0.25) is 0 Å². The van der Waals surface area contributed by atoms with Crippen LogP contribution in [0.15, 0.2) is 29.2 Å². The van der Waals surface area contributed by atoms with Crippen LogP contribution in [-0.2, 0) is 21.3 Å². The van der Waals surface area contributed by atoms with E-state index in [1.807, 2.05) is 0 Å². The Labute approximate surface area is 120 Å². The highest BCUT2D eigenvalue weighted by Gasteiger charge is 2.28. The van der Waals surface area contributed by atoms with Crippen molar-refractivity contribution < 1.29 is 13.2 Å². The molecule has 1 aromatic carbocycles. The van der Waals surface area contributed by atoms with Crippen molar-refractivity contribution in [1.82, 2.24) is 4.72 Å². The Balaban J connectivity index is 2.08. The van der Waals surface area contributed by atoms with Gasteiger partial charge in [0.2, 0.25) is 10.0 Å². The number of ether oxygens (including phenoxy) is 1. The molecule has 0 spiro atoms. The molecule has 0 aromatic heterocycles. The standard InChI is InChI=1S/C14H22N2O3S/c1-2-13-12(7-8-19-13)10-16-20(17,18)14-6-4-3-5-11(14)9-15/h3-6,12-13,16H,2,7-10,15H2,1H3. The van der Waals surface area contributed by atoms with Gasteiger partial charge in [0.15, 0.2) is 0 Å². The van der Waals surface area contributed by atoms with Crippen LogP contribution in [0.1, 0.15) is 25.3 Å². The van der Waals surface area contributed by atoms with E-state index in [2.05, 4.69) is 11.6 Å². The molecule has 1 fully saturated rings. The number of nitrogens with two attached hydrogens (primary N) is 1. The van der Waals surface area contributed by atoms with Gasteiger partial charge in [0.25, 0.3) is 0 Å². The normalized spacial score (nSPS) is 23.1. The maximum absolute atomic E-state index is 12.4. The van der Waals surface area contributed by atoms with Crippen molar-refractivity contribution in [2.75, 3.05) is 13.2 Å². The van der Waals surface area contributed by atoms with Gasteiger partial charge in [-0.05, 0) is 24.5 Å². The van der Waals surface area contributed by atoms with E-state index >= 15 is 0 Å². The van der Waals surface area contributed by atoms with E-state index in [9.17, 15) is 8.42 Å². The Morgan fingerprint density at radius 2 is 2.15 bits per heavy atom. The minimum absolute atomic E-state index is 0.155. The summed E-state index contributed by atoms with van der Waals surface area (Å²) in [5, 5.41) is 0. The summed E-state index contributed by atoms with van der Waals surface area (Å²) >= 11 is 0. The van der Waals surface area contributed by atoms with Crippen LogP contribution in [0.3, 0.4) is 0 Å². The van der Waals surface area contributed by atoms with E-state index in [4.69, 9.17) is 10.5 Å². The van der Waals surface area contributed by atoms with Crippen LogP contribution in [0.4, 0.5) is 0 Å². The Hall–Kier alpha value is -0.950. The molecular weight excluding hydrogens is 276 g/mol. The first kappa shape index (κ1) is 15.4. The highest BCUT2D eigenvalue weighted by atomic mass is 32.2. The fourth-order valence-corrected chi connectivity index (χ4v) is 3.95. The van der Waals surface area contributed by atoms with Crippen LogP contribution in [-0.4, -0.2) is 27.7 Å². The highest BCUT2D eigenvalue weighted by Crippen LogP contribution is 2.23. The van der Waals surface area contributed by atoms with Crippen LogP contribution in [0.5, 0.6) is 0 Å². The molecule has 5 nitrogen and oxygen atoms in total. The van der Waals surface area contributed by atoms with Crippen LogP contribution in [0, 0.1) is 5.92 Å². The third-order valence-corrected chi connectivity index (χ3v) is 5.29. The van der Waals surface area contributed by atoms with Gasteiger partial charge in [-0.2, -0.15) is 0 Å². The van der Waals surface area contributed by atoms with Gasteiger partial charge in [0.1, 0.15) is 0 Å². The summed E-state index contributed by atoms with van der Waals surface area (Å²) in [4.78, 5) is 0.273. The van der Waals surface area contributed by atoms with Crippen molar-refractivity contribution in [2.24, 2.45) is 11.7 Å². The number of nitrogens with one attached hydrogen (secondary N) is 1. The molecule has 1 aliphatic rings. The van der Waals surface area contributed by atoms with E-state index < -0.39 is 10.0 Å². The molecule has 2 unspecified atom stereocenters. The summed E-state index contributed by atoms with van der Waals surface area (Å²) in [6, 6.07) is 6.83. The van der Waals surface area contributed by atoms with Crippen LogP contribution < -0.4 is 10.5 Å². The zero-order valence-corrected chi connectivity index (χ0v) is 12.5. The molecule has 1 heterocycles. The predicted molar refractivity (Wildman–Crippen MR) is 77.7 cm³/mol. The van der Waals surface area contributed by atoms with E-state index in [0.29, 0.717) is 18.7 Å². The van der Waals surface area contributed by atoms with Gasteiger partial charge in [-0.3, -0.25) is 0 Å². The van der Waals surface area contributed by atoms with Crippen molar-refractivity contribution in [3.05, 3.63) is 29.8 Å². The number of sulfonamides is 1. The SMILES string of the molecule is CCC1OCCC1CNS(=O)(=O)c1ccccc1CN. The maximum atomic E-state index is 12.4. The van der Waals surface area contributed by atoms with E-state index in [1.54, 1.807) is 24.3 Å². The first-order chi connectivity index (χ1) is 9.58. The second-order valence-electron chi connectivity index (χ2n) is 5.03. The van der Waals surface area contributed by atoms with Crippen LogP contribution >= 0.6 is 0 Å². The van der Waals surface area contributed by atoms with E-state index in [-0.39, 0.29) is 23.5 Å². The van der Waals surface area contributed by atoms with Crippen molar-refractivity contribution in [3.63, 3.8) is 0 Å². The molecule has 0 bridgehead atoms. The monoisotopic (exact) mass is 298 g/mol. The summed E-state index contributed by atoms with van der Waals surface area (Å²) < 4.78 is 33.0. The molecule has 0 amide bonds. The molecular formula is C14H22N2O3S. The van der Waals surface area contributed by atoms with E-state index in [0.717, 1.165) is 12.8 Å². The molecule has 0 saturated carbocycles. The molecule has 3 N–H and O–H groups in total. The van der Waals surface area contributed by atoms with Crippen LogP contribution in [0.25, 0.3) is 0 Å². The average Bonchev–Trinajstić information content (AvgIpc) is 2.92. The topological polar surface area (TPSA) is 81.4 Å². The molecule has 2 atom stereocenters. The summed E-state index contributed by atoms with van der Waals surface area (Å²) in [7, 11) is -3.51. The fraction of sp³-hybridized carbons (Fsp3) is 0.571. The predicted octanol–water partition coefficient (Wildman–Crippen LogP) is 1.24. The molecule has 0 aliphatic carbocycles. The molecule has 1 aliphatic heterocycles. The molecule has 1 saturated heterocycles. The third-order valence-electron chi connectivity index (χ3n) is 3.77. The zero-order chi connectivity index (χ0) is 14.6. The summed E-state index contributed by atoms with van der Waals surface area (Å²) in [6.07, 6.45) is 1.97. The Kier molecular flexibility index (Phi) is 5.15. The Morgan fingerprint density at radius 1 is 1.40 bits per heavy atom. The molecule has 112 valence electrons. The molecule has 2 rings (SSSR count). The zero-order valence-electron chi connectivity index (χ0n) is 11.7. The minimum Gasteiger partial charge on any atom is -0.378 e. The van der Waals surface area contributed by atoms with Crippen molar-refractivity contribution >= 4 is 10.0 Å². The first-order valence-electron chi connectivity index (χ1n) is 6.97. The van der Waals surface area contributed by atoms with Gasteiger partial charge < -0.3 is 10.5 Å². The minimum atomic E-state index is -3.51. The van der Waals surface area contributed by atoms with Crippen molar-refractivity contribution in [3.8, 4) is 0 Å². The van der Waals surface area contributed by atoms with Gasteiger partial charge >= 0.3 is 0 Å². The number of hydrogen-bond donors (Lipinski definition) is 2. The lowest BCUT2D eigenvalue weighted by molar-refractivity contribution is 0.0884. The first-order valence-corrected chi connectivity index (χ1v) is 8.46. The molecule has 0 radical (unpaired) electrons. The number of rotatable bonds is 6. The van der Waals surface area contributed by atoms with Gasteiger partial charge in [0, 0.05) is 25.6 Å². The smallest absolute Gasteiger partial charge is 0.240 e. The average molecular weight is 298 g/mol. The van der Waals surface area contributed by atoms with Crippen molar-refractivity contribution in [1.29, 1.82) is 0 Å². The quantitative estimate of drug-likeness (QED) is 0.828. The lowest BCUT2D eigenvalue weighted by atomic mass is 10.0. The summed E-state index contributed by atoms with van der Waals surface area (Å²) in [5.41, 5.74) is 6.23. The highest BCUT2D eigenvalue weighted by molar-refractivity contribution is 7.89. The second kappa shape index (κ2) is 6.67. The number of hydrogen-bond acceptors (Lipinski definition) is 4. The second-order valence-corrected chi connectivity index (χ2v) is 6.77. The summed E-state index contributed by atoms with van der Waals surface area (Å²) in [5.74, 6) is 0.250. The molecule has 1 aromatic rings. The molecule has 6 heteroatoms. The van der Waals surface area contributed by atoms with Crippen molar-refractivity contribution in [2.45, 2.75) is 37.3 Å². The van der Waals surface area contributed by atoms with Gasteiger partial charge in [-0.25, -0.2) is 13.1 Å². The lowest BCUT2D eigenvalue weighted by Gasteiger charge is -2.18. The van der Waals surface area contributed by atoms with E-state index in [1.165, 1.54) is 0 Å². The van der Waals surface area contributed by atoms with Gasteiger partial charge in [-0.15, -0.1) is 0 Å². The number of benzene rings is 1.